The SMILES string of the molecule is CC(Nc1c(C2=COC(C3=CC=CCC3)=CO2)c(Cl)nc2ncnn12)C(F)(F)F. The van der Waals surface area contributed by atoms with Gasteiger partial charge in [0.1, 0.15) is 41.4 Å². The Morgan fingerprint density at radius 3 is 2.66 bits per heavy atom. The van der Waals surface area contributed by atoms with Crippen LogP contribution < -0.4 is 5.32 Å². The normalized spacial score (nSPS) is 17.8. The average Bonchev–Trinajstić information content (AvgIpc) is 3.16. The largest absolute Gasteiger partial charge is 0.458 e. The molecule has 1 N–H and O–H groups in total. The van der Waals surface area contributed by atoms with Gasteiger partial charge in [-0.2, -0.15) is 32.8 Å². The number of aromatic nitrogens is 4. The standard InChI is InChI=1S/C18H15ClF3N5O2/c1-10(18(20,21)22)25-16-14(15(19)26-17-23-9-24-27(16)17)13-8-28-12(7-29-13)11-5-3-2-4-6-11/h2-3,5,7-10,25H,4,6H2,1H3. The van der Waals surface area contributed by atoms with Crippen molar-refractivity contribution in [2.45, 2.75) is 32.0 Å². The first-order valence-corrected chi connectivity index (χ1v) is 9.05. The number of nitrogens with one attached hydrogen (secondary N) is 1. The molecule has 0 aromatic carbocycles. The number of ether oxygens (including phenoxy) is 2. The van der Waals surface area contributed by atoms with Gasteiger partial charge in [0.25, 0.3) is 5.78 Å². The first kappa shape index (κ1) is 19.3. The fraction of sp³-hybridized carbons (Fsp3) is 0.278. The molecule has 2 aliphatic rings. The van der Waals surface area contributed by atoms with Crippen molar-refractivity contribution >= 4 is 29.0 Å². The topological polar surface area (TPSA) is 73.6 Å². The van der Waals surface area contributed by atoms with Crippen LogP contribution in [0.4, 0.5) is 19.0 Å². The molecule has 1 aliphatic heterocycles. The lowest BCUT2D eigenvalue weighted by Crippen LogP contribution is -2.34. The zero-order valence-electron chi connectivity index (χ0n) is 15.1. The Balaban J connectivity index is 1.71. The van der Waals surface area contributed by atoms with E-state index in [2.05, 4.69) is 20.4 Å². The average molecular weight is 426 g/mol. The molecule has 0 amide bonds. The zero-order valence-corrected chi connectivity index (χ0v) is 15.8. The lowest BCUT2D eigenvalue weighted by atomic mass is 10.0. The van der Waals surface area contributed by atoms with Crippen molar-refractivity contribution in [2.24, 2.45) is 0 Å². The summed E-state index contributed by atoms with van der Waals surface area (Å²) < 4.78 is 51.9. The highest BCUT2D eigenvalue weighted by Gasteiger charge is 2.37. The first-order valence-electron chi connectivity index (χ1n) is 8.67. The Hall–Kier alpha value is -3.01. The van der Waals surface area contributed by atoms with Crippen molar-refractivity contribution in [3.05, 3.63) is 59.1 Å². The minimum atomic E-state index is -4.49. The lowest BCUT2D eigenvalue weighted by Gasteiger charge is -2.23. The second-order valence-electron chi connectivity index (χ2n) is 6.36. The third-order valence-electron chi connectivity index (χ3n) is 4.39. The quantitative estimate of drug-likeness (QED) is 0.721. The predicted molar refractivity (Wildman–Crippen MR) is 99.6 cm³/mol. The minimum Gasteiger partial charge on any atom is -0.458 e. The highest BCUT2D eigenvalue weighted by Crippen LogP contribution is 2.36. The van der Waals surface area contributed by atoms with Crippen LogP contribution >= 0.6 is 11.6 Å². The van der Waals surface area contributed by atoms with Crippen LogP contribution in [0.25, 0.3) is 11.5 Å². The Morgan fingerprint density at radius 2 is 2.00 bits per heavy atom. The van der Waals surface area contributed by atoms with Crippen molar-refractivity contribution < 1.29 is 22.6 Å². The number of hydrogen-bond donors (Lipinski definition) is 1. The Kier molecular flexibility index (Phi) is 4.95. The maximum Gasteiger partial charge on any atom is 0.408 e. The monoisotopic (exact) mass is 425 g/mol. The molecule has 3 heterocycles. The number of anilines is 1. The summed E-state index contributed by atoms with van der Waals surface area (Å²) in [5, 5.41) is 6.22. The fourth-order valence-electron chi connectivity index (χ4n) is 2.82. The van der Waals surface area contributed by atoms with Crippen LogP contribution in [0.5, 0.6) is 0 Å². The second kappa shape index (κ2) is 7.43. The number of fused-ring (bicyclic) bond motifs is 1. The summed E-state index contributed by atoms with van der Waals surface area (Å²) in [6, 6.07) is -1.89. The number of hydrogen-bond acceptors (Lipinski definition) is 6. The van der Waals surface area contributed by atoms with E-state index in [0.29, 0.717) is 5.76 Å². The van der Waals surface area contributed by atoms with Crippen molar-refractivity contribution in [1.82, 2.24) is 19.6 Å². The van der Waals surface area contributed by atoms with Crippen LogP contribution in [0.2, 0.25) is 5.15 Å². The van der Waals surface area contributed by atoms with Crippen LogP contribution in [0.15, 0.2) is 48.4 Å². The van der Waals surface area contributed by atoms with E-state index in [-0.39, 0.29) is 28.1 Å². The molecule has 1 aliphatic carbocycles. The molecule has 7 nitrogen and oxygen atoms in total. The van der Waals surface area contributed by atoms with E-state index in [0.717, 1.165) is 29.9 Å². The van der Waals surface area contributed by atoms with Crippen LogP contribution in [0.3, 0.4) is 0 Å². The van der Waals surface area contributed by atoms with Gasteiger partial charge >= 0.3 is 6.18 Å². The van der Waals surface area contributed by atoms with E-state index in [1.54, 1.807) is 0 Å². The molecule has 0 saturated carbocycles. The van der Waals surface area contributed by atoms with Gasteiger partial charge in [-0.15, -0.1) is 0 Å². The molecule has 4 rings (SSSR count). The van der Waals surface area contributed by atoms with Gasteiger partial charge < -0.3 is 14.8 Å². The summed E-state index contributed by atoms with van der Waals surface area (Å²) in [6.07, 6.45) is 6.87. The summed E-state index contributed by atoms with van der Waals surface area (Å²) in [5.74, 6) is 0.590. The Bertz CT molecular complexity index is 1070. The zero-order chi connectivity index (χ0) is 20.6. The molecule has 2 aromatic heterocycles. The molecule has 2 aromatic rings. The van der Waals surface area contributed by atoms with Gasteiger partial charge in [-0.25, -0.2) is 0 Å². The van der Waals surface area contributed by atoms with Crippen molar-refractivity contribution in [3.63, 3.8) is 0 Å². The molecule has 152 valence electrons. The van der Waals surface area contributed by atoms with E-state index in [4.69, 9.17) is 21.1 Å². The molecular weight excluding hydrogens is 411 g/mol. The Morgan fingerprint density at radius 1 is 1.24 bits per heavy atom. The van der Waals surface area contributed by atoms with E-state index in [1.165, 1.54) is 18.9 Å². The maximum atomic E-state index is 13.1. The van der Waals surface area contributed by atoms with Gasteiger partial charge in [0, 0.05) is 0 Å². The minimum absolute atomic E-state index is 0.0448. The summed E-state index contributed by atoms with van der Waals surface area (Å²) in [4.78, 5) is 7.95. The second-order valence-corrected chi connectivity index (χ2v) is 6.72. The molecule has 0 saturated heterocycles. The Labute approximate surface area is 168 Å². The van der Waals surface area contributed by atoms with E-state index in [9.17, 15) is 13.2 Å². The van der Waals surface area contributed by atoms with Crippen molar-refractivity contribution in [3.8, 4) is 0 Å². The smallest absolute Gasteiger partial charge is 0.408 e. The van der Waals surface area contributed by atoms with Gasteiger partial charge in [-0.3, -0.25) is 0 Å². The highest BCUT2D eigenvalue weighted by molar-refractivity contribution is 6.31. The van der Waals surface area contributed by atoms with Crippen molar-refractivity contribution in [2.75, 3.05) is 5.32 Å². The van der Waals surface area contributed by atoms with E-state index in [1.807, 2.05) is 18.2 Å². The number of halogens is 4. The lowest BCUT2D eigenvalue weighted by molar-refractivity contribution is -0.138. The van der Waals surface area contributed by atoms with E-state index >= 15 is 0 Å². The van der Waals surface area contributed by atoms with E-state index < -0.39 is 12.2 Å². The van der Waals surface area contributed by atoms with Crippen molar-refractivity contribution in [1.29, 1.82) is 0 Å². The van der Waals surface area contributed by atoms with Gasteiger partial charge in [0.05, 0.1) is 0 Å². The number of alkyl halides is 3. The number of rotatable bonds is 4. The molecule has 29 heavy (non-hydrogen) atoms. The molecule has 11 heteroatoms. The van der Waals surface area contributed by atoms with Crippen LogP contribution in [-0.4, -0.2) is 31.8 Å². The summed E-state index contributed by atoms with van der Waals surface area (Å²) in [6.45, 7) is 0.981. The number of allylic oxidation sites excluding steroid dienone is 4. The molecule has 0 radical (unpaired) electrons. The first-order chi connectivity index (χ1) is 13.8. The third-order valence-corrected chi connectivity index (χ3v) is 4.66. The molecule has 1 unspecified atom stereocenters. The molecule has 0 bridgehead atoms. The summed E-state index contributed by atoms with van der Waals surface area (Å²) in [7, 11) is 0. The van der Waals surface area contributed by atoms with Gasteiger partial charge in [-0.1, -0.05) is 29.8 Å². The summed E-state index contributed by atoms with van der Waals surface area (Å²) in [5.41, 5.74) is 1.02. The molecule has 0 spiro atoms. The third kappa shape index (κ3) is 3.80. The van der Waals surface area contributed by atoms with Crippen LogP contribution in [-0.2, 0) is 9.47 Å². The molecular formula is C18H15ClF3N5O2. The maximum absolute atomic E-state index is 13.1. The van der Waals surface area contributed by atoms with Crippen LogP contribution in [0.1, 0.15) is 25.3 Å². The molecule has 0 fully saturated rings. The number of nitrogens with zero attached hydrogens (tertiary/aromatic N) is 4. The fourth-order valence-corrected chi connectivity index (χ4v) is 3.08. The van der Waals surface area contributed by atoms with Gasteiger partial charge in [-0.05, 0) is 25.3 Å². The molecule has 1 atom stereocenters. The van der Waals surface area contributed by atoms with Gasteiger partial charge in [0.2, 0.25) is 0 Å². The van der Waals surface area contributed by atoms with Crippen LogP contribution in [0, 0.1) is 0 Å². The predicted octanol–water partition coefficient (Wildman–Crippen LogP) is 4.60. The summed E-state index contributed by atoms with van der Waals surface area (Å²) >= 11 is 6.25. The highest BCUT2D eigenvalue weighted by atomic mass is 35.5. The van der Waals surface area contributed by atoms with Gasteiger partial charge in [0.15, 0.2) is 11.5 Å².